The molecule has 2 amide bonds. The van der Waals surface area contributed by atoms with E-state index in [1.165, 1.54) is 18.2 Å². The molecule has 28 heavy (non-hydrogen) atoms. The second-order valence-electron chi connectivity index (χ2n) is 7.35. The van der Waals surface area contributed by atoms with Gasteiger partial charge < -0.3 is 10.2 Å². The fourth-order valence-corrected chi connectivity index (χ4v) is 3.97. The molecule has 4 rings (SSSR count). The lowest BCUT2D eigenvalue weighted by Crippen LogP contribution is -2.40. The maximum Gasteiger partial charge on any atom is 0.230 e. The van der Waals surface area contributed by atoms with Crippen LogP contribution in [0.1, 0.15) is 29.9 Å². The van der Waals surface area contributed by atoms with Crippen molar-refractivity contribution in [3.05, 3.63) is 59.7 Å². The zero-order valence-corrected chi connectivity index (χ0v) is 15.6. The largest absolute Gasteiger partial charge is 0.341 e. The van der Waals surface area contributed by atoms with E-state index in [9.17, 15) is 14.0 Å². The van der Waals surface area contributed by atoms with Crippen molar-refractivity contribution in [2.24, 2.45) is 0 Å². The Labute approximate surface area is 163 Å². The van der Waals surface area contributed by atoms with Gasteiger partial charge in [-0.05, 0) is 41.8 Å². The lowest BCUT2D eigenvalue weighted by atomic mass is 9.89. The Hall–Kier alpha value is -2.80. The number of nitrogens with one attached hydrogen (secondary N) is 1. The molecule has 1 saturated heterocycles. The summed E-state index contributed by atoms with van der Waals surface area (Å²) >= 11 is 0. The number of benzene rings is 1. The number of halogens is 1. The third kappa shape index (κ3) is 4.04. The van der Waals surface area contributed by atoms with Gasteiger partial charge in [0, 0.05) is 57.2 Å². The molecular formula is C21H23FN4O2. The smallest absolute Gasteiger partial charge is 0.230 e. The Balaban J connectivity index is 1.45. The third-order valence-corrected chi connectivity index (χ3v) is 5.38. The molecule has 2 aliphatic heterocycles. The van der Waals surface area contributed by atoms with Gasteiger partial charge in [-0.15, -0.1) is 0 Å². The molecule has 0 saturated carbocycles. The number of aromatic nitrogens is 1. The second-order valence-corrected chi connectivity index (χ2v) is 7.35. The van der Waals surface area contributed by atoms with E-state index in [-0.39, 0.29) is 18.2 Å². The molecule has 0 aliphatic carbocycles. The Morgan fingerprint density at radius 2 is 2.11 bits per heavy atom. The van der Waals surface area contributed by atoms with Crippen molar-refractivity contribution in [3.63, 3.8) is 0 Å². The summed E-state index contributed by atoms with van der Waals surface area (Å²) in [4.78, 5) is 33.5. The number of amides is 2. The Morgan fingerprint density at radius 1 is 1.21 bits per heavy atom. The highest BCUT2D eigenvalue weighted by molar-refractivity contribution is 6.01. The number of hydrogen-bond acceptors (Lipinski definition) is 4. The van der Waals surface area contributed by atoms with Crippen molar-refractivity contribution < 1.29 is 14.0 Å². The average molecular weight is 382 g/mol. The average Bonchev–Trinajstić information content (AvgIpc) is 2.93. The molecule has 3 heterocycles. The van der Waals surface area contributed by atoms with Gasteiger partial charge in [-0.3, -0.25) is 19.5 Å². The fourth-order valence-electron chi connectivity index (χ4n) is 3.97. The van der Waals surface area contributed by atoms with Gasteiger partial charge in [-0.1, -0.05) is 6.07 Å². The van der Waals surface area contributed by atoms with E-state index < -0.39 is 11.7 Å². The predicted octanol–water partition coefficient (Wildman–Crippen LogP) is 2.38. The lowest BCUT2D eigenvalue weighted by Gasteiger charge is -2.30. The van der Waals surface area contributed by atoms with Gasteiger partial charge in [0.25, 0.3) is 0 Å². The molecule has 0 bridgehead atoms. The Bertz CT molecular complexity index is 874. The number of fused-ring (bicyclic) bond motifs is 1. The summed E-state index contributed by atoms with van der Waals surface area (Å²) in [6.07, 6.45) is 4.54. The highest BCUT2D eigenvalue weighted by atomic mass is 19.1. The molecule has 2 aromatic rings. The topological polar surface area (TPSA) is 65.5 Å². The van der Waals surface area contributed by atoms with Gasteiger partial charge >= 0.3 is 0 Å². The van der Waals surface area contributed by atoms with Gasteiger partial charge in [-0.25, -0.2) is 4.39 Å². The molecule has 2 aliphatic rings. The predicted molar refractivity (Wildman–Crippen MR) is 103 cm³/mol. The molecule has 1 atom stereocenters. The Morgan fingerprint density at radius 3 is 2.93 bits per heavy atom. The molecule has 6 nitrogen and oxygen atoms in total. The van der Waals surface area contributed by atoms with Crippen LogP contribution in [0.4, 0.5) is 10.1 Å². The van der Waals surface area contributed by atoms with Crippen LogP contribution in [0.25, 0.3) is 0 Å². The molecular weight excluding hydrogens is 359 g/mol. The van der Waals surface area contributed by atoms with Crippen LogP contribution in [0.3, 0.4) is 0 Å². The minimum Gasteiger partial charge on any atom is -0.341 e. The van der Waals surface area contributed by atoms with E-state index in [1.807, 2.05) is 23.2 Å². The maximum absolute atomic E-state index is 13.7. The normalized spacial score (nSPS) is 20.2. The molecule has 1 aromatic carbocycles. The molecule has 1 aromatic heterocycles. The van der Waals surface area contributed by atoms with E-state index in [2.05, 4.69) is 15.2 Å². The van der Waals surface area contributed by atoms with Gasteiger partial charge in [0.05, 0.1) is 5.92 Å². The maximum atomic E-state index is 13.7. The first-order valence-electron chi connectivity index (χ1n) is 9.59. The SMILES string of the molecule is O=C1C[C@H](C(=O)N2CCCN(Cc3cccnc3)CC2)c2cc(F)ccc2N1. The lowest BCUT2D eigenvalue weighted by molar-refractivity contribution is -0.134. The third-order valence-electron chi connectivity index (χ3n) is 5.38. The van der Waals surface area contributed by atoms with Crippen LogP contribution < -0.4 is 5.32 Å². The van der Waals surface area contributed by atoms with Crippen LogP contribution in [0.2, 0.25) is 0 Å². The number of nitrogens with zero attached hydrogens (tertiary/aromatic N) is 3. The molecule has 1 N–H and O–H groups in total. The molecule has 0 radical (unpaired) electrons. The van der Waals surface area contributed by atoms with E-state index in [4.69, 9.17) is 0 Å². The van der Waals surface area contributed by atoms with Crippen LogP contribution in [-0.2, 0) is 16.1 Å². The monoisotopic (exact) mass is 382 g/mol. The van der Waals surface area contributed by atoms with Crippen molar-refractivity contribution >= 4 is 17.5 Å². The minimum atomic E-state index is -0.621. The molecule has 0 spiro atoms. The molecule has 0 unspecified atom stereocenters. The number of rotatable bonds is 3. The standard InChI is InChI=1S/C21H23FN4O2/c22-16-4-5-19-17(11-16)18(12-20(27)24-19)21(28)26-8-2-7-25(9-10-26)14-15-3-1-6-23-13-15/h1,3-6,11,13,18H,2,7-10,12,14H2,(H,24,27)/t18-/m0/s1. The highest BCUT2D eigenvalue weighted by Gasteiger charge is 2.34. The summed E-state index contributed by atoms with van der Waals surface area (Å²) in [6.45, 7) is 3.70. The van der Waals surface area contributed by atoms with Crippen molar-refractivity contribution in [1.82, 2.24) is 14.8 Å². The van der Waals surface area contributed by atoms with E-state index >= 15 is 0 Å². The first-order chi connectivity index (χ1) is 13.6. The van der Waals surface area contributed by atoms with Crippen LogP contribution in [0.15, 0.2) is 42.7 Å². The second kappa shape index (κ2) is 8.06. The molecule has 146 valence electrons. The summed E-state index contributed by atoms with van der Waals surface area (Å²) in [5.74, 6) is -1.31. The fraction of sp³-hybridized carbons (Fsp3) is 0.381. The van der Waals surface area contributed by atoms with Crippen molar-refractivity contribution in [2.75, 3.05) is 31.5 Å². The summed E-state index contributed by atoms with van der Waals surface area (Å²) < 4.78 is 13.7. The van der Waals surface area contributed by atoms with E-state index in [0.29, 0.717) is 24.3 Å². The summed E-state index contributed by atoms with van der Waals surface area (Å²) in [7, 11) is 0. The summed E-state index contributed by atoms with van der Waals surface area (Å²) in [5, 5.41) is 2.73. The van der Waals surface area contributed by atoms with Gasteiger partial charge in [0.15, 0.2) is 0 Å². The quantitative estimate of drug-likeness (QED) is 0.885. The number of pyridine rings is 1. The van der Waals surface area contributed by atoms with Gasteiger partial charge in [-0.2, -0.15) is 0 Å². The molecule has 7 heteroatoms. The van der Waals surface area contributed by atoms with Crippen LogP contribution >= 0.6 is 0 Å². The van der Waals surface area contributed by atoms with Crippen molar-refractivity contribution in [3.8, 4) is 0 Å². The number of carbonyl (C=O) groups is 2. The zero-order valence-electron chi connectivity index (χ0n) is 15.6. The number of anilines is 1. The van der Waals surface area contributed by atoms with Crippen molar-refractivity contribution in [2.45, 2.75) is 25.3 Å². The van der Waals surface area contributed by atoms with Crippen LogP contribution in [0.5, 0.6) is 0 Å². The summed E-state index contributed by atoms with van der Waals surface area (Å²) in [5.41, 5.74) is 2.25. The summed E-state index contributed by atoms with van der Waals surface area (Å²) in [6, 6.07) is 8.17. The Kier molecular flexibility index (Phi) is 5.34. The van der Waals surface area contributed by atoms with Gasteiger partial charge in [0.1, 0.15) is 5.82 Å². The first kappa shape index (κ1) is 18.6. The number of carbonyl (C=O) groups excluding carboxylic acids is 2. The van der Waals surface area contributed by atoms with Gasteiger partial charge in [0.2, 0.25) is 11.8 Å². The number of hydrogen-bond donors (Lipinski definition) is 1. The zero-order chi connectivity index (χ0) is 19.5. The molecule has 1 fully saturated rings. The van der Waals surface area contributed by atoms with Crippen molar-refractivity contribution in [1.29, 1.82) is 0 Å². The van der Waals surface area contributed by atoms with Crippen LogP contribution in [-0.4, -0.2) is 52.8 Å². The minimum absolute atomic E-state index is 0.0607. The van der Waals surface area contributed by atoms with E-state index in [0.717, 1.165) is 31.6 Å². The highest BCUT2D eigenvalue weighted by Crippen LogP contribution is 2.34. The van der Waals surface area contributed by atoms with Crippen LogP contribution in [0, 0.1) is 5.82 Å². The van der Waals surface area contributed by atoms with E-state index in [1.54, 1.807) is 6.20 Å². The first-order valence-corrected chi connectivity index (χ1v) is 9.59.